The van der Waals surface area contributed by atoms with Crippen LogP contribution in [0.25, 0.3) is 0 Å². The van der Waals surface area contributed by atoms with Gasteiger partial charge in [-0.15, -0.1) is 0 Å². The van der Waals surface area contributed by atoms with Gasteiger partial charge in [-0.05, 0) is 30.7 Å². The molecular weight excluding hydrogens is 296 g/mol. The van der Waals surface area contributed by atoms with Crippen molar-refractivity contribution in [3.63, 3.8) is 0 Å². The van der Waals surface area contributed by atoms with E-state index in [4.69, 9.17) is 21.4 Å². The van der Waals surface area contributed by atoms with E-state index < -0.39 is 11.5 Å². The maximum absolute atomic E-state index is 11.7. The molecule has 2 aromatic rings. The van der Waals surface area contributed by atoms with Crippen LogP contribution in [-0.4, -0.2) is 21.0 Å². The number of hydrogen-bond acceptors (Lipinski definition) is 4. The van der Waals surface area contributed by atoms with Crippen molar-refractivity contribution in [2.45, 2.75) is 20.0 Å². The number of aromatic amines is 1. The number of aryl methyl sites for hydroxylation is 1. The second-order valence-electron chi connectivity index (χ2n) is 4.45. The minimum atomic E-state index is -1.08. The van der Waals surface area contributed by atoms with Crippen molar-refractivity contribution >= 4 is 17.6 Å². The van der Waals surface area contributed by atoms with Gasteiger partial charge in [-0.3, -0.25) is 9.59 Å². The van der Waals surface area contributed by atoms with Gasteiger partial charge >= 0.3 is 5.97 Å². The second-order valence-corrected chi connectivity index (χ2v) is 4.86. The molecule has 0 spiro atoms. The van der Waals surface area contributed by atoms with Crippen LogP contribution in [0.4, 0.5) is 0 Å². The molecule has 2 N–H and O–H groups in total. The predicted octanol–water partition coefficient (Wildman–Crippen LogP) is 1.94. The molecule has 0 unspecified atom stereocenters. The Morgan fingerprint density at radius 2 is 2.24 bits per heavy atom. The highest BCUT2D eigenvalue weighted by Crippen LogP contribution is 2.21. The third-order valence-corrected chi connectivity index (χ3v) is 3.20. The van der Waals surface area contributed by atoms with Gasteiger partial charge in [0.1, 0.15) is 18.2 Å². The monoisotopic (exact) mass is 308 g/mol. The first kappa shape index (κ1) is 15.1. The molecule has 0 fully saturated rings. The maximum Gasteiger partial charge on any atom is 0.308 e. The summed E-state index contributed by atoms with van der Waals surface area (Å²) in [4.78, 5) is 28.7. The fourth-order valence-corrected chi connectivity index (χ4v) is 1.80. The lowest BCUT2D eigenvalue weighted by Gasteiger charge is -2.07. The minimum absolute atomic E-state index is 0.0731. The Morgan fingerprint density at radius 3 is 2.86 bits per heavy atom. The third kappa shape index (κ3) is 4.06. The van der Waals surface area contributed by atoms with Crippen LogP contribution in [0, 0.1) is 6.92 Å². The highest BCUT2D eigenvalue weighted by molar-refractivity contribution is 6.31. The van der Waals surface area contributed by atoms with E-state index in [0.717, 1.165) is 5.56 Å². The average molecular weight is 309 g/mol. The highest BCUT2D eigenvalue weighted by atomic mass is 35.5. The Balaban J connectivity index is 2.06. The van der Waals surface area contributed by atoms with E-state index in [-0.39, 0.29) is 18.6 Å². The Bertz CT molecular complexity index is 727. The van der Waals surface area contributed by atoms with Crippen molar-refractivity contribution < 1.29 is 14.6 Å². The standard InChI is InChI=1S/C14H13ClN2O4/c1-8-4-10(2-3-11(8)15)21-7-12-16-6-9(5-13(18)19)14(20)17-12/h2-4,6H,5,7H2,1H3,(H,18,19)(H,16,17,20). The number of H-pyrrole nitrogens is 1. The van der Waals surface area contributed by atoms with Crippen molar-refractivity contribution in [1.29, 1.82) is 0 Å². The van der Waals surface area contributed by atoms with Crippen LogP contribution in [0.1, 0.15) is 17.0 Å². The molecule has 0 aliphatic carbocycles. The van der Waals surface area contributed by atoms with Crippen LogP contribution in [0.15, 0.2) is 29.2 Å². The molecule has 1 aromatic heterocycles. The topological polar surface area (TPSA) is 92.3 Å². The predicted molar refractivity (Wildman–Crippen MR) is 76.7 cm³/mol. The SMILES string of the molecule is Cc1cc(OCc2ncc(CC(=O)O)c(=O)[nH]2)ccc1Cl. The Hall–Kier alpha value is -2.34. The number of ether oxygens (including phenoxy) is 1. The molecule has 21 heavy (non-hydrogen) atoms. The first-order valence-electron chi connectivity index (χ1n) is 6.13. The summed E-state index contributed by atoms with van der Waals surface area (Å²) in [6.07, 6.45) is 0.888. The first-order valence-corrected chi connectivity index (χ1v) is 6.51. The largest absolute Gasteiger partial charge is 0.486 e. The summed E-state index contributed by atoms with van der Waals surface area (Å²) in [5.41, 5.74) is 0.513. The average Bonchev–Trinajstić information content (AvgIpc) is 2.42. The number of benzene rings is 1. The van der Waals surface area contributed by atoms with Crippen LogP contribution in [0.3, 0.4) is 0 Å². The van der Waals surface area contributed by atoms with Gasteiger partial charge in [-0.2, -0.15) is 0 Å². The van der Waals surface area contributed by atoms with Gasteiger partial charge in [0.05, 0.1) is 6.42 Å². The Morgan fingerprint density at radius 1 is 1.48 bits per heavy atom. The molecule has 0 saturated heterocycles. The van der Waals surface area contributed by atoms with E-state index in [1.54, 1.807) is 18.2 Å². The van der Waals surface area contributed by atoms with E-state index in [2.05, 4.69) is 9.97 Å². The number of carboxylic acid groups (broad SMARTS) is 1. The third-order valence-electron chi connectivity index (χ3n) is 2.77. The molecular formula is C14H13ClN2O4. The summed E-state index contributed by atoms with van der Waals surface area (Å²) >= 11 is 5.91. The smallest absolute Gasteiger partial charge is 0.308 e. The number of carbonyl (C=O) groups is 1. The molecule has 0 radical (unpaired) electrons. The van der Waals surface area contributed by atoms with Crippen molar-refractivity contribution in [1.82, 2.24) is 9.97 Å². The normalized spacial score (nSPS) is 10.4. The zero-order valence-electron chi connectivity index (χ0n) is 11.2. The minimum Gasteiger partial charge on any atom is -0.486 e. The molecule has 0 aliphatic rings. The number of nitrogens with zero attached hydrogens (tertiary/aromatic N) is 1. The summed E-state index contributed by atoms with van der Waals surface area (Å²) in [6.45, 7) is 1.93. The Kier molecular flexibility index (Phi) is 4.59. The van der Waals surface area contributed by atoms with Gasteiger partial charge in [0, 0.05) is 16.8 Å². The van der Waals surface area contributed by atoms with Crippen LogP contribution < -0.4 is 10.3 Å². The van der Waals surface area contributed by atoms with Crippen molar-refractivity contribution in [2.75, 3.05) is 0 Å². The Labute approximate surface area is 125 Å². The van der Waals surface area contributed by atoms with E-state index >= 15 is 0 Å². The molecule has 1 aromatic carbocycles. The maximum atomic E-state index is 11.7. The number of nitrogens with one attached hydrogen (secondary N) is 1. The van der Waals surface area contributed by atoms with Gasteiger partial charge in [-0.1, -0.05) is 11.6 Å². The summed E-state index contributed by atoms with van der Waals surface area (Å²) in [6, 6.07) is 5.21. The number of rotatable bonds is 5. The van der Waals surface area contributed by atoms with Gasteiger partial charge in [0.15, 0.2) is 0 Å². The van der Waals surface area contributed by atoms with Gasteiger partial charge in [-0.25, -0.2) is 4.98 Å². The lowest BCUT2D eigenvalue weighted by Crippen LogP contribution is -2.19. The fraction of sp³-hybridized carbons (Fsp3) is 0.214. The second kappa shape index (κ2) is 6.41. The number of hydrogen-bond donors (Lipinski definition) is 2. The van der Waals surface area contributed by atoms with E-state index in [1.807, 2.05) is 6.92 Å². The molecule has 6 nitrogen and oxygen atoms in total. The molecule has 0 bridgehead atoms. The van der Waals surface area contributed by atoms with Crippen LogP contribution in [0.5, 0.6) is 5.75 Å². The zero-order chi connectivity index (χ0) is 15.4. The number of aliphatic carboxylic acids is 1. The summed E-state index contributed by atoms with van der Waals surface area (Å²) < 4.78 is 5.50. The van der Waals surface area contributed by atoms with Crippen LogP contribution in [-0.2, 0) is 17.8 Å². The molecule has 2 rings (SSSR count). The highest BCUT2D eigenvalue weighted by Gasteiger charge is 2.07. The van der Waals surface area contributed by atoms with Gasteiger partial charge in [0.2, 0.25) is 0 Å². The molecule has 110 valence electrons. The summed E-state index contributed by atoms with van der Waals surface area (Å²) in [5, 5.41) is 9.29. The summed E-state index contributed by atoms with van der Waals surface area (Å²) in [5.74, 6) is -0.154. The molecule has 1 heterocycles. The number of aromatic nitrogens is 2. The molecule has 0 amide bonds. The quantitative estimate of drug-likeness (QED) is 0.880. The van der Waals surface area contributed by atoms with E-state index in [9.17, 15) is 9.59 Å². The lowest BCUT2D eigenvalue weighted by atomic mass is 10.2. The molecule has 0 aliphatic heterocycles. The van der Waals surface area contributed by atoms with Gasteiger partial charge in [0.25, 0.3) is 5.56 Å². The van der Waals surface area contributed by atoms with Crippen LogP contribution >= 0.6 is 11.6 Å². The molecule has 0 atom stereocenters. The fourth-order valence-electron chi connectivity index (χ4n) is 1.68. The molecule has 0 saturated carbocycles. The van der Waals surface area contributed by atoms with E-state index in [1.165, 1.54) is 6.20 Å². The lowest BCUT2D eigenvalue weighted by molar-refractivity contribution is -0.136. The van der Waals surface area contributed by atoms with Crippen molar-refractivity contribution in [3.05, 3.63) is 56.7 Å². The zero-order valence-corrected chi connectivity index (χ0v) is 12.0. The van der Waals surface area contributed by atoms with E-state index in [0.29, 0.717) is 16.6 Å². The first-order chi connectivity index (χ1) is 9.95. The van der Waals surface area contributed by atoms with Crippen molar-refractivity contribution in [2.24, 2.45) is 0 Å². The van der Waals surface area contributed by atoms with Crippen LogP contribution in [0.2, 0.25) is 5.02 Å². The number of halogens is 1. The van der Waals surface area contributed by atoms with Gasteiger partial charge < -0.3 is 14.8 Å². The van der Waals surface area contributed by atoms with Crippen molar-refractivity contribution in [3.8, 4) is 5.75 Å². The number of carboxylic acids is 1. The molecule has 7 heteroatoms. The summed E-state index contributed by atoms with van der Waals surface area (Å²) in [7, 11) is 0.